The lowest BCUT2D eigenvalue weighted by molar-refractivity contribution is -0.127. The van der Waals surface area contributed by atoms with Crippen LogP contribution in [0.25, 0.3) is 0 Å². The van der Waals surface area contributed by atoms with Crippen LogP contribution in [0.1, 0.15) is 64.2 Å². The molecule has 40 heavy (non-hydrogen) atoms. The highest BCUT2D eigenvalue weighted by atomic mass is 35.5. The molecule has 0 bridgehead atoms. The van der Waals surface area contributed by atoms with Crippen LogP contribution >= 0.6 is 11.6 Å². The van der Waals surface area contributed by atoms with E-state index in [2.05, 4.69) is 14.6 Å². The zero-order valence-corrected chi connectivity index (χ0v) is 24.2. The molecule has 1 aromatic heterocycles. The lowest BCUT2D eigenvalue weighted by Gasteiger charge is -2.45. The fourth-order valence-electron chi connectivity index (χ4n) is 6.50. The van der Waals surface area contributed by atoms with Crippen molar-refractivity contribution in [2.24, 2.45) is 5.41 Å². The number of pyridine rings is 1. The molecular weight excluding hydrogens is 552 g/mol. The number of rotatable bonds is 7. The van der Waals surface area contributed by atoms with E-state index in [1.807, 2.05) is 17.0 Å². The van der Waals surface area contributed by atoms with E-state index in [9.17, 15) is 18.3 Å². The van der Waals surface area contributed by atoms with Gasteiger partial charge >= 0.3 is 0 Å². The molecule has 6 rings (SSSR count). The van der Waals surface area contributed by atoms with Crippen LogP contribution in [0, 0.1) is 5.41 Å². The van der Waals surface area contributed by atoms with Crippen molar-refractivity contribution in [3.05, 3.63) is 41.4 Å². The van der Waals surface area contributed by atoms with Gasteiger partial charge in [-0.25, -0.2) is 9.71 Å². The summed E-state index contributed by atoms with van der Waals surface area (Å²) in [7, 11) is -4.23. The van der Waals surface area contributed by atoms with Crippen molar-refractivity contribution >= 4 is 39.0 Å². The highest BCUT2D eigenvalue weighted by molar-refractivity contribution is 7.90. The maximum Gasteiger partial charge on any atom is 0.281 e. The van der Waals surface area contributed by atoms with Gasteiger partial charge in [-0.15, -0.1) is 0 Å². The van der Waals surface area contributed by atoms with Gasteiger partial charge < -0.3 is 19.6 Å². The van der Waals surface area contributed by atoms with Gasteiger partial charge in [-0.05, 0) is 61.8 Å². The Bertz CT molecular complexity index is 1370. The molecular formula is C29H37ClN4O5S. The Kier molecular flexibility index (Phi) is 7.37. The molecule has 4 aliphatic rings. The second kappa shape index (κ2) is 10.7. The van der Waals surface area contributed by atoms with Crippen LogP contribution in [0.15, 0.2) is 41.4 Å². The molecule has 2 aromatic rings. The molecule has 2 N–H and O–H groups in total. The number of benzene rings is 1. The molecule has 9 nitrogen and oxygen atoms in total. The fraction of sp³-hybridized carbons (Fsp3) is 0.586. The normalized spacial score (nSPS) is 23.7. The molecule has 2 saturated heterocycles. The van der Waals surface area contributed by atoms with Gasteiger partial charge in [0.2, 0.25) is 0 Å². The lowest BCUT2D eigenvalue weighted by atomic mass is 9.68. The molecule has 0 unspecified atom stereocenters. The van der Waals surface area contributed by atoms with E-state index in [4.69, 9.17) is 16.3 Å². The first-order chi connectivity index (χ1) is 19.2. The van der Waals surface area contributed by atoms with Crippen LogP contribution < -0.4 is 19.3 Å². The summed E-state index contributed by atoms with van der Waals surface area (Å²) in [6.07, 6.45) is 9.80. The van der Waals surface area contributed by atoms with Crippen molar-refractivity contribution in [1.29, 1.82) is 0 Å². The van der Waals surface area contributed by atoms with Gasteiger partial charge in [-0.1, -0.05) is 36.9 Å². The van der Waals surface area contributed by atoms with Crippen LogP contribution in [-0.2, 0) is 14.8 Å². The Morgan fingerprint density at radius 3 is 2.42 bits per heavy atom. The molecule has 0 radical (unpaired) electrons. The zero-order chi connectivity index (χ0) is 28.0. The van der Waals surface area contributed by atoms with Gasteiger partial charge in [-0.3, -0.25) is 4.79 Å². The SMILES string of the molecule is O=C(NS(=O)(=O)c1cccc(N2CC[C@H](O)C2)n1)C1(Oc2cc(Cl)ccc2N2CCC3(CCCCC3)CC2)CC1. The van der Waals surface area contributed by atoms with E-state index in [0.29, 0.717) is 54.4 Å². The van der Waals surface area contributed by atoms with E-state index in [1.165, 1.54) is 38.2 Å². The topological polar surface area (TPSA) is 112 Å². The standard InChI is InChI=1S/C29H37ClN4O5S/c30-21-7-8-23(33-17-14-28(15-18-33)10-2-1-3-11-28)24(19-21)39-29(12-13-29)27(36)32-40(37,38)26-6-4-5-25(31-26)34-16-9-22(35)20-34/h4-8,19,22,35H,1-3,9-18,20H2,(H,32,36)/t22-/m0/s1. The van der Waals surface area contributed by atoms with Gasteiger partial charge in [0.15, 0.2) is 10.6 Å². The molecule has 11 heteroatoms. The van der Waals surface area contributed by atoms with E-state index < -0.39 is 27.6 Å². The van der Waals surface area contributed by atoms with Crippen molar-refractivity contribution in [2.75, 3.05) is 36.0 Å². The number of ether oxygens (including phenoxy) is 1. The van der Waals surface area contributed by atoms with E-state index in [1.54, 1.807) is 18.2 Å². The number of halogens is 1. The average Bonchev–Trinajstić information content (AvgIpc) is 3.60. The van der Waals surface area contributed by atoms with Gasteiger partial charge in [0.05, 0.1) is 11.8 Å². The largest absolute Gasteiger partial charge is 0.475 e. The Balaban J connectivity index is 1.16. The number of hydrogen-bond donors (Lipinski definition) is 2. The molecule has 2 aliphatic heterocycles. The van der Waals surface area contributed by atoms with E-state index in [0.717, 1.165) is 31.6 Å². The minimum Gasteiger partial charge on any atom is -0.475 e. The summed E-state index contributed by atoms with van der Waals surface area (Å²) in [5.74, 6) is 0.247. The second-order valence-corrected chi connectivity index (χ2v) is 14.0. The highest BCUT2D eigenvalue weighted by Crippen LogP contribution is 2.48. The summed E-state index contributed by atoms with van der Waals surface area (Å²) >= 11 is 6.34. The molecule has 2 aliphatic carbocycles. The summed E-state index contributed by atoms with van der Waals surface area (Å²) in [6.45, 7) is 2.81. The average molecular weight is 589 g/mol. The Morgan fingerprint density at radius 1 is 1.00 bits per heavy atom. The van der Waals surface area contributed by atoms with Crippen molar-refractivity contribution in [3.63, 3.8) is 0 Å². The third-order valence-corrected chi connectivity index (χ3v) is 10.6. The molecule has 2 saturated carbocycles. The summed E-state index contributed by atoms with van der Waals surface area (Å²) in [5.41, 5.74) is 0.0663. The Hall–Kier alpha value is -2.56. The maximum absolute atomic E-state index is 13.3. The third-order valence-electron chi connectivity index (χ3n) is 9.12. The molecule has 4 fully saturated rings. The molecule has 3 heterocycles. The number of aliphatic hydroxyl groups excluding tert-OH is 1. The molecule has 1 amide bonds. The van der Waals surface area contributed by atoms with Crippen molar-refractivity contribution in [2.45, 2.75) is 80.9 Å². The highest BCUT2D eigenvalue weighted by Gasteiger charge is 2.54. The number of hydrogen-bond acceptors (Lipinski definition) is 8. The monoisotopic (exact) mass is 588 g/mol. The van der Waals surface area contributed by atoms with Gasteiger partial charge in [0.1, 0.15) is 11.6 Å². The minimum absolute atomic E-state index is 0.246. The fourth-order valence-corrected chi connectivity index (χ4v) is 7.67. The Labute approximate surface area is 240 Å². The first kappa shape index (κ1) is 27.6. The number of anilines is 2. The number of piperidine rings is 1. The zero-order valence-electron chi connectivity index (χ0n) is 22.6. The van der Waals surface area contributed by atoms with Crippen LogP contribution in [0.2, 0.25) is 5.02 Å². The number of carbonyl (C=O) groups is 1. The Morgan fingerprint density at radius 2 is 1.75 bits per heavy atom. The number of aromatic nitrogens is 1. The van der Waals surface area contributed by atoms with E-state index in [-0.39, 0.29) is 5.03 Å². The maximum atomic E-state index is 13.3. The summed E-state index contributed by atoms with van der Waals surface area (Å²) in [5, 5.41) is 10.1. The predicted molar refractivity (Wildman–Crippen MR) is 153 cm³/mol. The quantitative estimate of drug-likeness (QED) is 0.493. The second-order valence-electron chi connectivity index (χ2n) is 11.9. The number of β-amino-alcohol motifs (C(OH)–C–C–N with tert-alkyl or cyclic N) is 1. The van der Waals surface area contributed by atoms with Gasteiger partial charge in [0, 0.05) is 50.1 Å². The molecule has 1 atom stereocenters. The number of carbonyl (C=O) groups excluding carboxylic acids is 1. The minimum atomic E-state index is -4.23. The summed E-state index contributed by atoms with van der Waals surface area (Å²) < 4.78 is 34.9. The first-order valence-electron chi connectivity index (χ1n) is 14.4. The third kappa shape index (κ3) is 5.63. The van der Waals surface area contributed by atoms with Crippen molar-refractivity contribution < 1.29 is 23.1 Å². The predicted octanol–water partition coefficient (Wildman–Crippen LogP) is 4.27. The van der Waals surface area contributed by atoms with Crippen LogP contribution in [0.5, 0.6) is 5.75 Å². The van der Waals surface area contributed by atoms with Gasteiger partial charge in [-0.2, -0.15) is 8.42 Å². The molecule has 216 valence electrons. The van der Waals surface area contributed by atoms with Crippen LogP contribution in [0.3, 0.4) is 0 Å². The summed E-state index contributed by atoms with van der Waals surface area (Å²) in [6, 6.07) is 10.1. The number of nitrogens with one attached hydrogen (secondary N) is 1. The van der Waals surface area contributed by atoms with Gasteiger partial charge in [0.25, 0.3) is 15.9 Å². The van der Waals surface area contributed by atoms with Crippen molar-refractivity contribution in [1.82, 2.24) is 9.71 Å². The number of nitrogens with zero attached hydrogens (tertiary/aromatic N) is 3. The molecule has 1 aromatic carbocycles. The number of sulfonamides is 1. The lowest BCUT2D eigenvalue weighted by Crippen LogP contribution is -2.44. The molecule has 1 spiro atoms. The number of aliphatic hydroxyl groups is 1. The number of amides is 1. The van der Waals surface area contributed by atoms with Crippen molar-refractivity contribution in [3.8, 4) is 5.75 Å². The van der Waals surface area contributed by atoms with Crippen LogP contribution in [-0.4, -0.2) is 62.3 Å². The van der Waals surface area contributed by atoms with Crippen LogP contribution in [0.4, 0.5) is 11.5 Å². The summed E-state index contributed by atoms with van der Waals surface area (Å²) in [4.78, 5) is 21.8. The first-order valence-corrected chi connectivity index (χ1v) is 16.2. The smallest absolute Gasteiger partial charge is 0.281 e. The van der Waals surface area contributed by atoms with E-state index >= 15 is 0 Å².